The van der Waals surface area contributed by atoms with Gasteiger partial charge in [-0.2, -0.15) is 0 Å². The molecule has 134 valence electrons. The first-order chi connectivity index (χ1) is 12.1. The van der Waals surface area contributed by atoms with Crippen LogP contribution in [0.1, 0.15) is 11.1 Å². The van der Waals surface area contributed by atoms with E-state index >= 15 is 0 Å². The van der Waals surface area contributed by atoms with Gasteiger partial charge in [0.15, 0.2) is 17.2 Å². The third-order valence-electron chi connectivity index (χ3n) is 3.81. The zero-order chi connectivity index (χ0) is 18.2. The van der Waals surface area contributed by atoms with Gasteiger partial charge in [-0.1, -0.05) is 12.1 Å². The first-order valence-corrected chi connectivity index (χ1v) is 7.82. The van der Waals surface area contributed by atoms with Crippen molar-refractivity contribution in [1.82, 2.24) is 5.32 Å². The van der Waals surface area contributed by atoms with E-state index in [-0.39, 0.29) is 11.4 Å². The zero-order valence-corrected chi connectivity index (χ0v) is 14.6. The Kier molecular flexibility index (Phi) is 6.59. The van der Waals surface area contributed by atoms with E-state index in [1.54, 1.807) is 20.3 Å². The molecule has 25 heavy (non-hydrogen) atoms. The maximum Gasteiger partial charge on any atom is 0.311 e. The van der Waals surface area contributed by atoms with E-state index in [9.17, 15) is 10.1 Å². The number of rotatable bonds is 9. The highest BCUT2D eigenvalue weighted by atomic mass is 16.6. The van der Waals surface area contributed by atoms with E-state index < -0.39 is 4.92 Å². The topological polar surface area (TPSA) is 82.9 Å². The van der Waals surface area contributed by atoms with Crippen molar-refractivity contribution >= 4 is 5.69 Å². The molecule has 0 aliphatic heterocycles. The van der Waals surface area contributed by atoms with Gasteiger partial charge in [-0.15, -0.1) is 0 Å². The Morgan fingerprint density at radius 3 is 2.20 bits per heavy atom. The van der Waals surface area contributed by atoms with Crippen LogP contribution in [0.2, 0.25) is 0 Å². The molecule has 0 radical (unpaired) electrons. The van der Waals surface area contributed by atoms with E-state index in [4.69, 9.17) is 14.2 Å². The second kappa shape index (κ2) is 8.89. The number of nitrogens with zero attached hydrogens (tertiary/aromatic N) is 1. The van der Waals surface area contributed by atoms with Crippen molar-refractivity contribution in [2.24, 2.45) is 0 Å². The second-order valence-corrected chi connectivity index (χ2v) is 5.38. The summed E-state index contributed by atoms with van der Waals surface area (Å²) in [4.78, 5) is 10.6. The molecule has 0 heterocycles. The molecule has 2 aromatic carbocycles. The molecule has 7 heteroatoms. The Morgan fingerprint density at radius 2 is 1.56 bits per heavy atom. The summed E-state index contributed by atoms with van der Waals surface area (Å²) in [5, 5.41) is 14.3. The van der Waals surface area contributed by atoms with Crippen LogP contribution < -0.4 is 19.5 Å². The standard InChI is InChI=1S/C18H22N2O5/c1-23-16-6-5-14(10-15(16)20(21)22)12-19-9-8-13-4-7-17(24-2)18(11-13)25-3/h4-7,10-11,19H,8-9,12H2,1-3H3. The van der Waals surface area contributed by atoms with Gasteiger partial charge in [-0.25, -0.2) is 0 Å². The third-order valence-corrected chi connectivity index (χ3v) is 3.81. The molecule has 0 saturated heterocycles. The molecule has 0 aromatic heterocycles. The Bertz CT molecular complexity index is 733. The molecule has 0 aliphatic rings. The van der Waals surface area contributed by atoms with Crippen molar-refractivity contribution in [2.45, 2.75) is 13.0 Å². The highest BCUT2D eigenvalue weighted by Gasteiger charge is 2.14. The lowest BCUT2D eigenvalue weighted by Gasteiger charge is -2.10. The predicted molar refractivity (Wildman–Crippen MR) is 94.6 cm³/mol. The fraction of sp³-hybridized carbons (Fsp3) is 0.333. The average molecular weight is 346 g/mol. The van der Waals surface area contributed by atoms with Crippen molar-refractivity contribution < 1.29 is 19.1 Å². The molecule has 2 rings (SSSR count). The third kappa shape index (κ3) is 4.84. The van der Waals surface area contributed by atoms with Crippen molar-refractivity contribution in [1.29, 1.82) is 0 Å². The normalized spacial score (nSPS) is 10.4. The molecule has 7 nitrogen and oxygen atoms in total. The summed E-state index contributed by atoms with van der Waals surface area (Å²) in [5.41, 5.74) is 1.92. The van der Waals surface area contributed by atoms with E-state index in [2.05, 4.69) is 5.32 Å². The molecule has 0 unspecified atom stereocenters. The van der Waals surface area contributed by atoms with Gasteiger partial charge < -0.3 is 19.5 Å². The van der Waals surface area contributed by atoms with Crippen molar-refractivity contribution in [3.63, 3.8) is 0 Å². The number of hydrogen-bond acceptors (Lipinski definition) is 6. The van der Waals surface area contributed by atoms with Crippen LogP contribution >= 0.6 is 0 Å². The first kappa shape index (κ1) is 18.5. The lowest BCUT2D eigenvalue weighted by atomic mass is 10.1. The Morgan fingerprint density at radius 1 is 0.920 bits per heavy atom. The molecule has 0 fully saturated rings. The molecule has 0 amide bonds. The van der Waals surface area contributed by atoms with Crippen LogP contribution in [0.3, 0.4) is 0 Å². The summed E-state index contributed by atoms with van der Waals surface area (Å²) in [6, 6.07) is 10.8. The maximum absolute atomic E-state index is 11.0. The van der Waals surface area contributed by atoms with E-state index in [0.717, 1.165) is 24.1 Å². The van der Waals surface area contributed by atoms with Crippen LogP contribution in [0.25, 0.3) is 0 Å². The fourth-order valence-corrected chi connectivity index (χ4v) is 2.49. The number of ether oxygens (including phenoxy) is 3. The monoisotopic (exact) mass is 346 g/mol. The van der Waals surface area contributed by atoms with E-state index in [1.165, 1.54) is 13.2 Å². The van der Waals surface area contributed by atoms with Gasteiger partial charge in [0.05, 0.1) is 26.3 Å². The first-order valence-electron chi connectivity index (χ1n) is 7.82. The molecule has 1 N–H and O–H groups in total. The Hall–Kier alpha value is -2.80. The summed E-state index contributed by atoms with van der Waals surface area (Å²) in [7, 11) is 4.63. The van der Waals surface area contributed by atoms with Gasteiger partial charge in [0, 0.05) is 12.6 Å². The van der Waals surface area contributed by atoms with Crippen LogP contribution in [-0.4, -0.2) is 32.8 Å². The Labute approximate surface area is 146 Å². The minimum absolute atomic E-state index is 0.0262. The van der Waals surface area contributed by atoms with Gasteiger partial charge in [-0.3, -0.25) is 10.1 Å². The van der Waals surface area contributed by atoms with Crippen LogP contribution in [-0.2, 0) is 13.0 Å². The molecule has 0 aliphatic carbocycles. The lowest BCUT2D eigenvalue weighted by Crippen LogP contribution is -2.16. The zero-order valence-electron chi connectivity index (χ0n) is 14.6. The van der Waals surface area contributed by atoms with Crippen molar-refractivity contribution in [3.8, 4) is 17.2 Å². The minimum atomic E-state index is -0.439. The highest BCUT2D eigenvalue weighted by molar-refractivity contribution is 5.48. The van der Waals surface area contributed by atoms with Crippen LogP contribution in [0, 0.1) is 10.1 Å². The van der Waals surface area contributed by atoms with Crippen LogP contribution in [0.5, 0.6) is 17.2 Å². The quantitative estimate of drug-likeness (QED) is 0.427. The average Bonchev–Trinajstić information content (AvgIpc) is 2.64. The summed E-state index contributed by atoms with van der Waals surface area (Å²) in [6.07, 6.45) is 0.804. The molecular weight excluding hydrogens is 324 g/mol. The number of nitrogens with one attached hydrogen (secondary N) is 1. The maximum atomic E-state index is 11.0. The van der Waals surface area contributed by atoms with Gasteiger partial charge >= 0.3 is 5.69 Å². The van der Waals surface area contributed by atoms with Crippen LogP contribution in [0.15, 0.2) is 36.4 Å². The number of benzene rings is 2. The van der Waals surface area contributed by atoms with Gasteiger partial charge in [0.25, 0.3) is 0 Å². The molecule has 0 bridgehead atoms. The molecule has 0 spiro atoms. The minimum Gasteiger partial charge on any atom is -0.493 e. The predicted octanol–water partition coefficient (Wildman–Crippen LogP) is 2.95. The summed E-state index contributed by atoms with van der Waals surface area (Å²) in [6.45, 7) is 1.27. The van der Waals surface area contributed by atoms with Crippen molar-refractivity contribution in [2.75, 3.05) is 27.9 Å². The van der Waals surface area contributed by atoms with E-state index in [0.29, 0.717) is 18.0 Å². The van der Waals surface area contributed by atoms with Crippen LogP contribution in [0.4, 0.5) is 5.69 Å². The largest absolute Gasteiger partial charge is 0.493 e. The highest BCUT2D eigenvalue weighted by Crippen LogP contribution is 2.28. The van der Waals surface area contributed by atoms with Gasteiger partial charge in [-0.05, 0) is 42.3 Å². The SMILES string of the molecule is COc1ccc(CCNCc2ccc(OC)c([N+](=O)[O-])c2)cc1OC. The Balaban J connectivity index is 1.91. The molecular formula is C18H22N2O5. The lowest BCUT2D eigenvalue weighted by molar-refractivity contribution is -0.385. The van der Waals surface area contributed by atoms with Gasteiger partial charge in [0.2, 0.25) is 0 Å². The fourth-order valence-electron chi connectivity index (χ4n) is 2.49. The summed E-state index contributed by atoms with van der Waals surface area (Å²) < 4.78 is 15.5. The van der Waals surface area contributed by atoms with Gasteiger partial charge in [0.1, 0.15) is 0 Å². The number of methoxy groups -OCH3 is 3. The number of hydrogen-bond donors (Lipinski definition) is 1. The van der Waals surface area contributed by atoms with Crippen molar-refractivity contribution in [3.05, 3.63) is 57.6 Å². The molecule has 0 atom stereocenters. The van der Waals surface area contributed by atoms with E-state index in [1.807, 2.05) is 24.3 Å². The summed E-state index contributed by atoms with van der Waals surface area (Å²) in [5.74, 6) is 1.66. The second-order valence-electron chi connectivity index (χ2n) is 5.38. The summed E-state index contributed by atoms with van der Waals surface area (Å²) >= 11 is 0. The number of nitro groups is 1. The molecule has 0 saturated carbocycles. The number of nitro benzene ring substituents is 1. The smallest absolute Gasteiger partial charge is 0.311 e. The molecule has 2 aromatic rings.